The molecule has 1 aromatic rings. The SMILES string of the molecule is Cc1ccc(F)cc1S(=O)(=O)NC(C)(C)/C(N)=N/O. The lowest BCUT2D eigenvalue weighted by Crippen LogP contribution is -2.53. The quantitative estimate of drug-likeness (QED) is 0.332. The van der Waals surface area contributed by atoms with Gasteiger partial charge in [-0.1, -0.05) is 11.2 Å². The second kappa shape index (κ2) is 5.14. The zero-order chi connectivity index (χ0) is 14.8. The van der Waals surface area contributed by atoms with Crippen molar-refractivity contribution in [2.45, 2.75) is 31.2 Å². The summed E-state index contributed by atoms with van der Waals surface area (Å²) in [6.45, 7) is 4.40. The summed E-state index contributed by atoms with van der Waals surface area (Å²) in [6.07, 6.45) is 0. The van der Waals surface area contributed by atoms with E-state index >= 15 is 0 Å². The third-order valence-corrected chi connectivity index (χ3v) is 4.38. The number of hydrogen-bond donors (Lipinski definition) is 3. The van der Waals surface area contributed by atoms with Crippen LogP contribution in [0.15, 0.2) is 28.3 Å². The number of halogens is 1. The van der Waals surface area contributed by atoms with Crippen LogP contribution < -0.4 is 10.5 Å². The number of nitrogens with zero attached hydrogens (tertiary/aromatic N) is 1. The molecule has 4 N–H and O–H groups in total. The van der Waals surface area contributed by atoms with Crippen molar-refractivity contribution in [3.63, 3.8) is 0 Å². The van der Waals surface area contributed by atoms with E-state index in [1.807, 2.05) is 0 Å². The van der Waals surface area contributed by atoms with E-state index in [1.165, 1.54) is 26.0 Å². The lowest BCUT2D eigenvalue weighted by molar-refractivity contribution is 0.312. The Hall–Kier alpha value is -1.67. The molecule has 0 saturated heterocycles. The normalized spacial score (nSPS) is 13.6. The summed E-state index contributed by atoms with van der Waals surface area (Å²) in [7, 11) is -3.99. The van der Waals surface area contributed by atoms with E-state index in [1.54, 1.807) is 6.92 Å². The first-order chi connectivity index (χ1) is 8.60. The topological polar surface area (TPSA) is 105 Å². The highest BCUT2D eigenvalue weighted by molar-refractivity contribution is 7.89. The van der Waals surface area contributed by atoms with Gasteiger partial charge in [-0.05, 0) is 38.5 Å². The summed E-state index contributed by atoms with van der Waals surface area (Å²) >= 11 is 0. The average Bonchev–Trinajstić information content (AvgIpc) is 2.29. The fourth-order valence-electron chi connectivity index (χ4n) is 1.43. The molecule has 19 heavy (non-hydrogen) atoms. The molecule has 106 valence electrons. The van der Waals surface area contributed by atoms with Crippen LogP contribution in [-0.4, -0.2) is 25.0 Å². The first kappa shape index (κ1) is 15.4. The molecule has 0 aliphatic rings. The largest absolute Gasteiger partial charge is 0.409 e. The molecule has 0 amide bonds. The maximum atomic E-state index is 13.2. The maximum Gasteiger partial charge on any atom is 0.241 e. The Morgan fingerprint density at radius 3 is 2.58 bits per heavy atom. The van der Waals surface area contributed by atoms with Gasteiger partial charge in [0.25, 0.3) is 0 Å². The fourth-order valence-corrected chi connectivity index (χ4v) is 3.08. The maximum absolute atomic E-state index is 13.2. The average molecular weight is 289 g/mol. The predicted octanol–water partition coefficient (Wildman–Crippen LogP) is 0.937. The number of nitrogens with one attached hydrogen (secondary N) is 1. The number of nitrogens with two attached hydrogens (primary N) is 1. The van der Waals surface area contributed by atoms with Crippen LogP contribution in [0, 0.1) is 12.7 Å². The number of amidine groups is 1. The predicted molar refractivity (Wildman–Crippen MR) is 68.9 cm³/mol. The molecular weight excluding hydrogens is 273 g/mol. The van der Waals surface area contributed by atoms with Gasteiger partial charge in [-0.2, -0.15) is 4.72 Å². The number of sulfonamides is 1. The first-order valence-electron chi connectivity index (χ1n) is 5.38. The van der Waals surface area contributed by atoms with Crippen LogP contribution in [0.5, 0.6) is 0 Å². The molecule has 1 aromatic carbocycles. The molecule has 0 saturated carbocycles. The summed E-state index contributed by atoms with van der Waals surface area (Å²) in [5.74, 6) is -0.960. The first-order valence-corrected chi connectivity index (χ1v) is 6.86. The van der Waals surface area contributed by atoms with Gasteiger partial charge in [0.05, 0.1) is 10.4 Å². The van der Waals surface area contributed by atoms with Gasteiger partial charge in [0.2, 0.25) is 10.0 Å². The van der Waals surface area contributed by atoms with E-state index in [0.717, 1.165) is 6.07 Å². The zero-order valence-electron chi connectivity index (χ0n) is 10.8. The highest BCUT2D eigenvalue weighted by atomic mass is 32.2. The molecule has 0 radical (unpaired) electrons. The van der Waals surface area contributed by atoms with Gasteiger partial charge in [-0.15, -0.1) is 0 Å². The van der Waals surface area contributed by atoms with Gasteiger partial charge in [-0.3, -0.25) is 0 Å². The van der Waals surface area contributed by atoms with Crippen molar-refractivity contribution in [2.24, 2.45) is 10.9 Å². The van der Waals surface area contributed by atoms with Crippen molar-refractivity contribution < 1.29 is 18.0 Å². The van der Waals surface area contributed by atoms with E-state index in [-0.39, 0.29) is 10.7 Å². The summed E-state index contributed by atoms with van der Waals surface area (Å²) in [5, 5.41) is 11.4. The minimum absolute atomic E-state index is 0.189. The van der Waals surface area contributed by atoms with Crippen molar-refractivity contribution in [1.82, 2.24) is 4.72 Å². The van der Waals surface area contributed by atoms with Gasteiger partial charge in [0, 0.05) is 0 Å². The Labute approximate surface area is 111 Å². The number of benzene rings is 1. The van der Waals surface area contributed by atoms with Crippen molar-refractivity contribution in [3.05, 3.63) is 29.6 Å². The number of aryl methyl sites for hydroxylation is 1. The summed E-state index contributed by atoms with van der Waals surface area (Å²) < 4.78 is 39.8. The molecule has 0 heterocycles. The minimum atomic E-state index is -3.99. The lowest BCUT2D eigenvalue weighted by Gasteiger charge is -2.24. The minimum Gasteiger partial charge on any atom is -0.409 e. The lowest BCUT2D eigenvalue weighted by atomic mass is 10.1. The number of hydrogen-bond acceptors (Lipinski definition) is 4. The van der Waals surface area contributed by atoms with Crippen molar-refractivity contribution >= 4 is 15.9 Å². The molecule has 0 aliphatic carbocycles. The molecule has 0 fully saturated rings. The van der Waals surface area contributed by atoms with Gasteiger partial charge in [0.1, 0.15) is 5.82 Å². The third kappa shape index (κ3) is 3.42. The molecule has 0 bridgehead atoms. The van der Waals surface area contributed by atoms with Crippen LogP contribution in [0.25, 0.3) is 0 Å². The Balaban J connectivity index is 3.23. The van der Waals surface area contributed by atoms with Crippen molar-refractivity contribution in [1.29, 1.82) is 0 Å². The Morgan fingerprint density at radius 2 is 2.05 bits per heavy atom. The monoisotopic (exact) mass is 289 g/mol. The van der Waals surface area contributed by atoms with Crippen LogP contribution in [0.3, 0.4) is 0 Å². The van der Waals surface area contributed by atoms with E-state index in [0.29, 0.717) is 5.56 Å². The van der Waals surface area contributed by atoms with E-state index in [9.17, 15) is 12.8 Å². The highest BCUT2D eigenvalue weighted by Gasteiger charge is 2.31. The molecular formula is C11H16FN3O3S. The molecule has 0 aliphatic heterocycles. The van der Waals surface area contributed by atoms with Gasteiger partial charge >= 0.3 is 0 Å². The molecule has 0 aromatic heterocycles. The molecule has 0 atom stereocenters. The second-order valence-corrected chi connectivity index (χ2v) is 6.28. The highest BCUT2D eigenvalue weighted by Crippen LogP contribution is 2.18. The van der Waals surface area contributed by atoms with Gasteiger partial charge < -0.3 is 10.9 Å². The van der Waals surface area contributed by atoms with E-state index < -0.39 is 21.4 Å². The number of oxime groups is 1. The van der Waals surface area contributed by atoms with Crippen LogP contribution in [0.2, 0.25) is 0 Å². The summed E-state index contributed by atoms with van der Waals surface area (Å²) in [4.78, 5) is -0.189. The smallest absolute Gasteiger partial charge is 0.241 e. The summed E-state index contributed by atoms with van der Waals surface area (Å²) in [5.41, 5.74) is 4.50. The van der Waals surface area contributed by atoms with E-state index in [2.05, 4.69) is 9.88 Å². The molecule has 0 spiro atoms. The Bertz CT molecular complexity index is 612. The molecule has 0 unspecified atom stereocenters. The van der Waals surface area contributed by atoms with Crippen molar-refractivity contribution in [2.75, 3.05) is 0 Å². The van der Waals surface area contributed by atoms with Crippen LogP contribution in [-0.2, 0) is 10.0 Å². The Morgan fingerprint density at radius 1 is 1.47 bits per heavy atom. The fraction of sp³-hybridized carbons (Fsp3) is 0.364. The number of rotatable bonds is 4. The zero-order valence-corrected chi connectivity index (χ0v) is 11.6. The van der Waals surface area contributed by atoms with Crippen LogP contribution in [0.1, 0.15) is 19.4 Å². The van der Waals surface area contributed by atoms with E-state index in [4.69, 9.17) is 10.9 Å². The van der Waals surface area contributed by atoms with Crippen LogP contribution in [0.4, 0.5) is 4.39 Å². The summed E-state index contributed by atoms with van der Waals surface area (Å²) in [6, 6.07) is 3.45. The molecule has 8 heteroatoms. The van der Waals surface area contributed by atoms with Gasteiger partial charge in [0.15, 0.2) is 5.84 Å². The van der Waals surface area contributed by atoms with Gasteiger partial charge in [-0.25, -0.2) is 12.8 Å². The molecule has 6 nitrogen and oxygen atoms in total. The van der Waals surface area contributed by atoms with Crippen LogP contribution >= 0.6 is 0 Å². The Kier molecular flexibility index (Phi) is 4.16. The van der Waals surface area contributed by atoms with Crippen molar-refractivity contribution in [3.8, 4) is 0 Å². The third-order valence-electron chi connectivity index (χ3n) is 2.58. The molecule has 1 rings (SSSR count). The second-order valence-electron chi connectivity index (χ2n) is 4.63. The standard InChI is InChI=1S/C11H16FN3O3S/c1-7-4-5-8(12)6-9(7)19(17,18)15-11(2,3)10(13)14-16/h4-6,15-16H,1-3H3,(H2,13,14).